The van der Waals surface area contributed by atoms with Gasteiger partial charge in [0.05, 0.1) is 17.9 Å². The Balaban J connectivity index is 1.44. The van der Waals surface area contributed by atoms with E-state index in [0.717, 1.165) is 57.2 Å². The number of aromatic nitrogens is 2. The summed E-state index contributed by atoms with van der Waals surface area (Å²) in [6, 6.07) is 1.99. The molecule has 2 amide bonds. The number of hydrogen-bond acceptors (Lipinski definition) is 5. The average Bonchev–Trinajstić information content (AvgIpc) is 3.27. The maximum atomic E-state index is 14.2. The van der Waals surface area contributed by atoms with Crippen molar-refractivity contribution >= 4 is 11.8 Å². The standard InChI is InChI=1S/C26H35F2N5O3/c1-15-6-3-4-11-33(15)23(34)13-21(32-25(35)17-7-5-8-17)26(36)30-16(2)24-29-14-22(31-24)19-10-9-18(27)12-20(19)28/h9-10,12,14-17,21,23,34H,3-8,11,13H2,1-2H3,(H,29,31)(H,30,36)(H,32,35)/t15-,16-,21-,23?/m0/s1. The molecule has 36 heavy (non-hydrogen) atoms. The van der Waals surface area contributed by atoms with Crippen LogP contribution in [0.3, 0.4) is 0 Å². The minimum absolute atomic E-state index is 0.0749. The van der Waals surface area contributed by atoms with Crippen molar-refractivity contribution < 1.29 is 23.5 Å². The van der Waals surface area contributed by atoms with Gasteiger partial charge >= 0.3 is 0 Å². The molecule has 8 nitrogen and oxygen atoms in total. The predicted molar refractivity (Wildman–Crippen MR) is 130 cm³/mol. The van der Waals surface area contributed by atoms with Crippen LogP contribution in [0.25, 0.3) is 11.3 Å². The van der Waals surface area contributed by atoms with Crippen LogP contribution >= 0.6 is 0 Å². The van der Waals surface area contributed by atoms with E-state index in [1.165, 1.54) is 12.3 Å². The highest BCUT2D eigenvalue weighted by Gasteiger charge is 2.34. The first kappa shape index (κ1) is 26.2. The number of likely N-dealkylation sites (tertiary alicyclic amines) is 1. The van der Waals surface area contributed by atoms with Crippen LogP contribution in [0.2, 0.25) is 0 Å². The number of piperidine rings is 1. The van der Waals surface area contributed by atoms with E-state index < -0.39 is 35.9 Å². The first-order chi connectivity index (χ1) is 17.2. The van der Waals surface area contributed by atoms with Crippen LogP contribution in [0.4, 0.5) is 8.78 Å². The number of aromatic amines is 1. The van der Waals surface area contributed by atoms with Gasteiger partial charge in [-0.05, 0) is 51.7 Å². The SMILES string of the molecule is C[C@H](NC(=O)[C@H](CC(O)N1CCCC[C@@H]1C)NC(=O)C1CCC1)c1ncc(-c2ccc(F)cc2F)[nH]1. The van der Waals surface area contributed by atoms with Crippen LogP contribution in [0, 0.1) is 17.6 Å². The van der Waals surface area contributed by atoms with Crippen LogP contribution < -0.4 is 10.6 Å². The van der Waals surface area contributed by atoms with E-state index >= 15 is 0 Å². The Bertz CT molecular complexity index is 1070. The average molecular weight is 504 g/mol. The number of amides is 2. The molecule has 1 unspecified atom stereocenters. The van der Waals surface area contributed by atoms with E-state index in [1.807, 2.05) is 4.90 Å². The number of benzene rings is 1. The summed E-state index contributed by atoms with van der Waals surface area (Å²) in [4.78, 5) is 35.1. The fourth-order valence-electron chi connectivity index (χ4n) is 4.88. The number of hydrogen-bond donors (Lipinski definition) is 4. The fourth-order valence-corrected chi connectivity index (χ4v) is 4.88. The van der Waals surface area contributed by atoms with Gasteiger partial charge in [-0.3, -0.25) is 14.5 Å². The van der Waals surface area contributed by atoms with Crippen LogP contribution in [0.5, 0.6) is 0 Å². The molecule has 2 fully saturated rings. The van der Waals surface area contributed by atoms with Crippen molar-refractivity contribution in [2.45, 2.75) is 83.1 Å². The number of carbonyl (C=O) groups excluding carboxylic acids is 2. The molecule has 4 N–H and O–H groups in total. The third-order valence-corrected chi connectivity index (χ3v) is 7.38. The molecule has 4 rings (SSSR count). The molecule has 196 valence electrons. The summed E-state index contributed by atoms with van der Waals surface area (Å²) in [5.41, 5.74) is 0.519. The van der Waals surface area contributed by atoms with E-state index in [0.29, 0.717) is 11.5 Å². The molecule has 1 aromatic carbocycles. The molecule has 1 saturated carbocycles. The summed E-state index contributed by atoms with van der Waals surface area (Å²) in [6.07, 6.45) is 6.32. The van der Waals surface area contributed by atoms with Crippen molar-refractivity contribution in [3.8, 4) is 11.3 Å². The topological polar surface area (TPSA) is 110 Å². The molecule has 4 atom stereocenters. The first-order valence-electron chi connectivity index (χ1n) is 12.8. The number of halogens is 2. The molecule has 1 aliphatic heterocycles. The molecule has 0 bridgehead atoms. The largest absolute Gasteiger partial charge is 0.378 e. The summed E-state index contributed by atoms with van der Waals surface area (Å²) in [5, 5.41) is 16.6. The van der Waals surface area contributed by atoms with E-state index in [9.17, 15) is 23.5 Å². The number of H-pyrrole nitrogens is 1. The maximum Gasteiger partial charge on any atom is 0.243 e. The zero-order valence-electron chi connectivity index (χ0n) is 20.8. The highest BCUT2D eigenvalue weighted by atomic mass is 19.1. The molecule has 10 heteroatoms. The number of nitrogens with zero attached hydrogens (tertiary/aromatic N) is 2. The van der Waals surface area contributed by atoms with Crippen LogP contribution in [-0.4, -0.2) is 56.6 Å². The van der Waals surface area contributed by atoms with Crippen molar-refractivity contribution in [3.05, 3.63) is 41.9 Å². The van der Waals surface area contributed by atoms with Crippen molar-refractivity contribution in [1.29, 1.82) is 0 Å². The second kappa shape index (κ2) is 11.5. The predicted octanol–water partition coefficient (Wildman–Crippen LogP) is 3.40. The van der Waals surface area contributed by atoms with Crippen molar-refractivity contribution in [1.82, 2.24) is 25.5 Å². The Morgan fingerprint density at radius 2 is 1.97 bits per heavy atom. The Labute approximate surface area is 209 Å². The number of aliphatic hydroxyl groups excluding tert-OH is 1. The lowest BCUT2D eigenvalue weighted by molar-refractivity contribution is -0.135. The molecule has 2 aromatic rings. The number of imidazole rings is 1. The summed E-state index contributed by atoms with van der Waals surface area (Å²) in [6.45, 7) is 4.53. The maximum absolute atomic E-state index is 14.2. The molecular formula is C26H35F2N5O3. The van der Waals surface area contributed by atoms with Gasteiger partial charge in [-0.15, -0.1) is 0 Å². The van der Waals surface area contributed by atoms with Gasteiger partial charge in [-0.25, -0.2) is 13.8 Å². The number of aliphatic hydroxyl groups is 1. The van der Waals surface area contributed by atoms with E-state index in [-0.39, 0.29) is 29.9 Å². The van der Waals surface area contributed by atoms with Gasteiger partial charge in [-0.1, -0.05) is 12.8 Å². The fraction of sp³-hybridized carbons (Fsp3) is 0.577. The highest BCUT2D eigenvalue weighted by molar-refractivity contribution is 5.89. The Kier molecular flexibility index (Phi) is 8.35. The summed E-state index contributed by atoms with van der Waals surface area (Å²) >= 11 is 0. The molecule has 2 heterocycles. The van der Waals surface area contributed by atoms with Gasteiger partial charge in [0.25, 0.3) is 0 Å². The second-order valence-corrected chi connectivity index (χ2v) is 10.0. The van der Waals surface area contributed by atoms with E-state index in [4.69, 9.17) is 0 Å². The molecule has 0 radical (unpaired) electrons. The van der Waals surface area contributed by atoms with Gasteiger partial charge in [0.15, 0.2) is 0 Å². The van der Waals surface area contributed by atoms with Gasteiger partial charge in [0, 0.05) is 36.6 Å². The lowest BCUT2D eigenvalue weighted by Gasteiger charge is -2.38. The van der Waals surface area contributed by atoms with Gasteiger partial charge < -0.3 is 20.7 Å². The molecule has 1 saturated heterocycles. The smallest absolute Gasteiger partial charge is 0.243 e. The highest BCUT2D eigenvalue weighted by Crippen LogP contribution is 2.27. The number of nitrogens with one attached hydrogen (secondary N) is 3. The third kappa shape index (κ3) is 6.10. The van der Waals surface area contributed by atoms with Gasteiger partial charge in [0.2, 0.25) is 11.8 Å². The second-order valence-electron chi connectivity index (χ2n) is 10.0. The minimum Gasteiger partial charge on any atom is -0.378 e. The van der Waals surface area contributed by atoms with Gasteiger partial charge in [0.1, 0.15) is 29.7 Å². The van der Waals surface area contributed by atoms with Crippen molar-refractivity contribution in [2.75, 3.05) is 6.54 Å². The monoisotopic (exact) mass is 503 g/mol. The molecule has 1 aromatic heterocycles. The van der Waals surface area contributed by atoms with E-state index in [2.05, 4.69) is 27.5 Å². The van der Waals surface area contributed by atoms with E-state index in [1.54, 1.807) is 6.92 Å². The summed E-state index contributed by atoms with van der Waals surface area (Å²) in [5.74, 6) is -1.70. The molecule has 1 aliphatic carbocycles. The number of carbonyl (C=O) groups is 2. The lowest BCUT2D eigenvalue weighted by atomic mass is 9.84. The normalized spacial score (nSPS) is 21.3. The zero-order chi connectivity index (χ0) is 25.8. The van der Waals surface area contributed by atoms with Crippen molar-refractivity contribution in [3.63, 3.8) is 0 Å². The molecule has 2 aliphatic rings. The first-order valence-corrected chi connectivity index (χ1v) is 12.8. The van der Waals surface area contributed by atoms with Crippen LogP contribution in [0.15, 0.2) is 24.4 Å². The third-order valence-electron chi connectivity index (χ3n) is 7.38. The molecular weight excluding hydrogens is 468 g/mol. The number of rotatable bonds is 9. The van der Waals surface area contributed by atoms with Crippen LogP contribution in [-0.2, 0) is 9.59 Å². The van der Waals surface area contributed by atoms with Crippen molar-refractivity contribution in [2.24, 2.45) is 5.92 Å². The quantitative estimate of drug-likeness (QED) is 0.419. The Morgan fingerprint density at radius 3 is 2.64 bits per heavy atom. The lowest BCUT2D eigenvalue weighted by Crippen LogP contribution is -2.54. The molecule has 0 spiro atoms. The summed E-state index contributed by atoms with van der Waals surface area (Å²) < 4.78 is 27.4. The van der Waals surface area contributed by atoms with Gasteiger partial charge in [-0.2, -0.15) is 0 Å². The zero-order valence-corrected chi connectivity index (χ0v) is 20.8. The Hall–Kier alpha value is -2.85. The van der Waals surface area contributed by atoms with Crippen LogP contribution in [0.1, 0.15) is 70.7 Å². The Morgan fingerprint density at radius 1 is 1.19 bits per heavy atom. The minimum atomic E-state index is -0.909. The summed E-state index contributed by atoms with van der Waals surface area (Å²) in [7, 11) is 0.